The predicted octanol–water partition coefficient (Wildman–Crippen LogP) is 2.20. The molecule has 3 N–H and O–H groups in total. The highest BCUT2D eigenvalue weighted by atomic mass is 35.5. The maximum Gasteiger partial charge on any atom is 0.202 e. The van der Waals surface area contributed by atoms with Crippen LogP contribution in [0.25, 0.3) is 33.3 Å². The second kappa shape index (κ2) is 5.65. The number of piperidine rings is 1. The standard InChI is InChI=1S/C19H19ClN8/c1-27-6-13-14(26-27)3-2-9(16(13)20)17-18-19(25-24-17)23-15(5-22-18)28-7-11-10(4-21)12(11)8-28/h2-3,5-6,10-12H,4,7-8,21H2,1H3,(H,23,24,25). The van der Waals surface area contributed by atoms with Gasteiger partial charge >= 0.3 is 0 Å². The quantitative estimate of drug-likeness (QED) is 0.552. The number of H-pyrrole nitrogens is 1. The molecular formula is C19H19ClN8. The number of benzene rings is 1. The molecule has 0 spiro atoms. The number of nitrogens with one attached hydrogen (secondary N) is 1. The Kier molecular flexibility index (Phi) is 3.28. The van der Waals surface area contributed by atoms with Crippen LogP contribution in [0.3, 0.4) is 0 Å². The third kappa shape index (κ3) is 2.21. The molecule has 2 fully saturated rings. The highest BCUT2D eigenvalue weighted by Gasteiger charge is 2.54. The van der Waals surface area contributed by atoms with E-state index in [1.807, 2.05) is 31.6 Å². The molecule has 0 bridgehead atoms. The number of aromatic amines is 1. The van der Waals surface area contributed by atoms with Crippen LogP contribution in [-0.4, -0.2) is 49.6 Å². The van der Waals surface area contributed by atoms with E-state index in [1.165, 1.54) is 0 Å². The Balaban J connectivity index is 1.37. The first-order valence-electron chi connectivity index (χ1n) is 9.42. The van der Waals surface area contributed by atoms with Gasteiger partial charge in [0.1, 0.15) is 11.3 Å². The lowest BCUT2D eigenvalue weighted by Gasteiger charge is -2.19. The summed E-state index contributed by atoms with van der Waals surface area (Å²) >= 11 is 6.66. The van der Waals surface area contributed by atoms with Crippen LogP contribution >= 0.6 is 11.6 Å². The van der Waals surface area contributed by atoms with Gasteiger partial charge in [0.2, 0.25) is 5.65 Å². The molecule has 28 heavy (non-hydrogen) atoms. The molecular weight excluding hydrogens is 376 g/mol. The Bertz CT molecular complexity index is 1220. The molecule has 6 rings (SSSR count). The van der Waals surface area contributed by atoms with Crippen molar-refractivity contribution in [2.75, 3.05) is 24.5 Å². The van der Waals surface area contributed by atoms with Gasteiger partial charge in [0, 0.05) is 37.3 Å². The predicted molar refractivity (Wildman–Crippen MR) is 108 cm³/mol. The minimum atomic E-state index is 0.603. The summed E-state index contributed by atoms with van der Waals surface area (Å²) in [4.78, 5) is 11.7. The van der Waals surface area contributed by atoms with Crippen molar-refractivity contribution in [3.63, 3.8) is 0 Å². The van der Waals surface area contributed by atoms with E-state index in [4.69, 9.17) is 22.3 Å². The minimum absolute atomic E-state index is 0.603. The van der Waals surface area contributed by atoms with Crippen molar-refractivity contribution in [1.82, 2.24) is 29.9 Å². The van der Waals surface area contributed by atoms with Gasteiger partial charge in [0.25, 0.3) is 0 Å². The number of fused-ring (bicyclic) bond motifs is 3. The van der Waals surface area contributed by atoms with Crippen LogP contribution in [0.15, 0.2) is 24.5 Å². The number of hydrogen-bond donors (Lipinski definition) is 2. The molecule has 2 unspecified atom stereocenters. The van der Waals surface area contributed by atoms with Crippen LogP contribution in [0.4, 0.5) is 5.82 Å². The normalized spacial score (nSPS) is 23.7. The van der Waals surface area contributed by atoms with Crippen LogP contribution in [0.5, 0.6) is 0 Å². The molecule has 4 aromatic rings. The number of anilines is 1. The Labute approximate surface area is 165 Å². The second-order valence-electron chi connectivity index (χ2n) is 7.79. The third-order valence-electron chi connectivity index (χ3n) is 6.23. The molecule has 9 heteroatoms. The maximum atomic E-state index is 6.66. The van der Waals surface area contributed by atoms with Crippen molar-refractivity contribution >= 4 is 39.5 Å². The highest BCUT2D eigenvalue weighted by molar-refractivity contribution is 6.38. The molecule has 1 aliphatic heterocycles. The molecule has 0 radical (unpaired) electrons. The zero-order valence-corrected chi connectivity index (χ0v) is 16.1. The van der Waals surface area contributed by atoms with Crippen molar-refractivity contribution in [2.24, 2.45) is 30.5 Å². The van der Waals surface area contributed by atoms with Gasteiger partial charge in [-0.3, -0.25) is 9.78 Å². The lowest BCUT2D eigenvalue weighted by atomic mass is 10.1. The van der Waals surface area contributed by atoms with Crippen molar-refractivity contribution in [2.45, 2.75) is 0 Å². The summed E-state index contributed by atoms with van der Waals surface area (Å²) in [6.07, 6.45) is 3.75. The summed E-state index contributed by atoms with van der Waals surface area (Å²) in [7, 11) is 1.88. The molecule has 3 aromatic heterocycles. The summed E-state index contributed by atoms with van der Waals surface area (Å²) in [5.74, 6) is 2.99. The Morgan fingerprint density at radius 2 is 2.11 bits per heavy atom. The van der Waals surface area contributed by atoms with Gasteiger partial charge in [-0.25, -0.2) is 9.97 Å². The summed E-state index contributed by atoms with van der Waals surface area (Å²) in [6.45, 7) is 2.81. The van der Waals surface area contributed by atoms with Gasteiger partial charge < -0.3 is 10.6 Å². The van der Waals surface area contributed by atoms with E-state index in [0.29, 0.717) is 28.4 Å². The topological polar surface area (TPSA) is 102 Å². The van der Waals surface area contributed by atoms with Gasteiger partial charge in [-0.2, -0.15) is 10.2 Å². The number of aromatic nitrogens is 6. The molecule has 142 valence electrons. The molecule has 1 aliphatic carbocycles. The Morgan fingerprint density at radius 1 is 1.29 bits per heavy atom. The van der Waals surface area contributed by atoms with Gasteiger partial charge in [-0.1, -0.05) is 11.6 Å². The smallest absolute Gasteiger partial charge is 0.202 e. The molecule has 8 nitrogen and oxygen atoms in total. The molecule has 1 saturated carbocycles. The van der Waals surface area contributed by atoms with Gasteiger partial charge in [0.15, 0.2) is 0 Å². The Hall–Kier alpha value is -2.71. The largest absolute Gasteiger partial charge is 0.355 e. The molecule has 4 heterocycles. The summed E-state index contributed by atoms with van der Waals surface area (Å²) in [5.41, 5.74) is 9.62. The number of rotatable bonds is 3. The van der Waals surface area contributed by atoms with E-state index in [9.17, 15) is 0 Å². The molecule has 2 atom stereocenters. The van der Waals surface area contributed by atoms with E-state index < -0.39 is 0 Å². The number of nitrogens with two attached hydrogens (primary N) is 1. The fraction of sp³-hybridized carbons (Fsp3) is 0.368. The van der Waals surface area contributed by atoms with E-state index in [-0.39, 0.29) is 0 Å². The van der Waals surface area contributed by atoms with Crippen LogP contribution < -0.4 is 10.6 Å². The van der Waals surface area contributed by atoms with E-state index in [2.05, 4.69) is 25.2 Å². The molecule has 2 aliphatic rings. The van der Waals surface area contributed by atoms with E-state index >= 15 is 0 Å². The zero-order valence-electron chi connectivity index (χ0n) is 15.3. The lowest BCUT2D eigenvalue weighted by Crippen LogP contribution is -2.26. The fourth-order valence-corrected chi connectivity index (χ4v) is 4.99. The number of aryl methyl sites for hydroxylation is 1. The molecule has 0 amide bonds. The number of nitrogens with zero attached hydrogens (tertiary/aromatic N) is 6. The first-order valence-corrected chi connectivity index (χ1v) is 9.80. The summed E-state index contributed by atoms with van der Waals surface area (Å²) in [6, 6.07) is 3.90. The second-order valence-corrected chi connectivity index (χ2v) is 8.17. The van der Waals surface area contributed by atoms with Crippen molar-refractivity contribution in [1.29, 1.82) is 0 Å². The van der Waals surface area contributed by atoms with E-state index in [0.717, 1.165) is 53.1 Å². The van der Waals surface area contributed by atoms with Crippen molar-refractivity contribution in [3.8, 4) is 11.3 Å². The average molecular weight is 395 g/mol. The van der Waals surface area contributed by atoms with Gasteiger partial charge in [-0.15, -0.1) is 0 Å². The maximum absolute atomic E-state index is 6.66. The zero-order chi connectivity index (χ0) is 19.0. The molecule has 1 aromatic carbocycles. The minimum Gasteiger partial charge on any atom is -0.355 e. The van der Waals surface area contributed by atoms with E-state index in [1.54, 1.807) is 4.68 Å². The van der Waals surface area contributed by atoms with Crippen molar-refractivity contribution in [3.05, 3.63) is 29.5 Å². The van der Waals surface area contributed by atoms with Gasteiger partial charge in [0.05, 0.1) is 22.4 Å². The van der Waals surface area contributed by atoms with Gasteiger partial charge in [-0.05, 0) is 36.4 Å². The summed E-state index contributed by atoms with van der Waals surface area (Å²) < 4.78 is 1.76. The monoisotopic (exact) mass is 394 g/mol. The summed E-state index contributed by atoms with van der Waals surface area (Å²) in [5, 5.41) is 13.4. The van der Waals surface area contributed by atoms with Crippen LogP contribution in [0.2, 0.25) is 5.02 Å². The van der Waals surface area contributed by atoms with Crippen LogP contribution in [0, 0.1) is 17.8 Å². The third-order valence-corrected chi connectivity index (χ3v) is 6.63. The lowest BCUT2D eigenvalue weighted by molar-refractivity contribution is 0.644. The molecule has 1 saturated heterocycles. The first-order chi connectivity index (χ1) is 13.6. The SMILES string of the molecule is Cn1cc2c(Cl)c(-c3[nH]nc4nc(N5CC6C(CN)C6C5)cnc34)ccc2n1. The average Bonchev–Trinajstić information content (AvgIpc) is 3.10. The highest BCUT2D eigenvalue weighted by Crippen LogP contribution is 2.51. The van der Waals surface area contributed by atoms with Crippen molar-refractivity contribution < 1.29 is 0 Å². The number of halogens is 1. The van der Waals surface area contributed by atoms with Crippen LogP contribution in [0.1, 0.15) is 0 Å². The Morgan fingerprint density at radius 3 is 2.89 bits per heavy atom. The van der Waals surface area contributed by atoms with Crippen LogP contribution in [-0.2, 0) is 7.05 Å². The fourth-order valence-electron chi connectivity index (χ4n) is 4.68. The number of hydrogen-bond acceptors (Lipinski definition) is 6. The first kappa shape index (κ1) is 16.3.